The van der Waals surface area contributed by atoms with Crippen molar-refractivity contribution in [3.05, 3.63) is 0 Å². The minimum atomic E-state index is -0.413. The molecule has 0 aliphatic carbocycles. The molecule has 0 aromatic carbocycles. The van der Waals surface area contributed by atoms with Crippen molar-refractivity contribution in [1.29, 1.82) is 0 Å². The fraction of sp³-hybridized carbons (Fsp3) is 0.800. The lowest BCUT2D eigenvalue weighted by atomic mass is 10.6. The second-order valence-electron chi connectivity index (χ2n) is 2.91. The summed E-state index contributed by atoms with van der Waals surface area (Å²) in [6, 6.07) is 0. The molecule has 0 aliphatic heterocycles. The third-order valence-corrected chi connectivity index (χ3v) is 3.10. The second-order valence-corrected chi connectivity index (χ2v) is 8.73. The average Bonchev–Trinajstić information content (AvgIpc) is 1.86. The lowest BCUT2D eigenvalue weighted by molar-refractivity contribution is -0.137. The molecule has 0 radical (unpaired) electrons. The number of likely N-dealkylation sites (N-methyl/N-ethyl adjacent to an activating group) is 1. The molecule has 0 N–H and O–H groups in total. The zero-order valence-corrected chi connectivity index (χ0v) is 11.3. The summed E-state index contributed by atoms with van der Waals surface area (Å²) in [6.07, 6.45) is 0. The average molecular weight is 177 g/mol. The summed E-state index contributed by atoms with van der Waals surface area (Å²) in [4.78, 5) is 12.4. The summed E-state index contributed by atoms with van der Waals surface area (Å²) in [7, 11) is 6.67. The van der Waals surface area contributed by atoms with Gasteiger partial charge in [-0.3, -0.25) is 4.79 Å². The van der Waals surface area contributed by atoms with Crippen LogP contribution in [0.15, 0.2) is 0 Å². The molecule has 0 aromatic heterocycles. The van der Waals surface area contributed by atoms with E-state index in [1.807, 2.05) is 0 Å². The van der Waals surface area contributed by atoms with Gasteiger partial charge in [-0.15, -0.1) is 0 Å². The highest BCUT2D eigenvalue weighted by Crippen LogP contribution is 2.01. The predicted molar refractivity (Wildman–Crippen MR) is 48.3 cm³/mol. The van der Waals surface area contributed by atoms with E-state index >= 15 is 0 Å². The Balaban J connectivity index is 4.19. The van der Waals surface area contributed by atoms with Crippen LogP contribution in [0.25, 0.3) is 0 Å². The van der Waals surface area contributed by atoms with Crippen molar-refractivity contribution in [2.45, 2.75) is 4.85 Å². The van der Waals surface area contributed by atoms with Crippen LogP contribution in [0.5, 0.6) is 0 Å². The lowest BCUT2D eigenvalue weighted by Crippen LogP contribution is -2.48. The van der Waals surface area contributed by atoms with Gasteiger partial charge in [0, 0.05) is 41.7 Å². The maximum absolute atomic E-state index is 11.3. The summed E-state index contributed by atoms with van der Waals surface area (Å²) in [5, 5.41) is 0. The van der Waals surface area contributed by atoms with E-state index in [4.69, 9.17) is 4.74 Å². The van der Waals surface area contributed by atoms with Gasteiger partial charge in [-0.2, -0.15) is 0 Å². The molecule has 5 heteroatoms. The topological polar surface area (TPSA) is 29.5 Å². The van der Waals surface area contributed by atoms with Gasteiger partial charge >= 0.3 is 0 Å². The zero-order chi connectivity index (χ0) is 8.36. The third-order valence-electron chi connectivity index (χ3n) is 1.43. The van der Waals surface area contributed by atoms with Gasteiger partial charge in [-0.1, -0.05) is 0 Å². The zero-order valence-electron chi connectivity index (χ0n) is 7.26. The van der Waals surface area contributed by atoms with Crippen molar-refractivity contribution in [1.82, 2.24) is 4.90 Å². The monoisotopic (exact) mass is 177 g/mol. The molecule has 0 saturated carbocycles. The molecule has 3 nitrogen and oxygen atoms in total. The molecular formula is C5H15NO2Si2. The van der Waals surface area contributed by atoms with Gasteiger partial charge < -0.3 is 9.64 Å². The van der Waals surface area contributed by atoms with E-state index in [1.54, 1.807) is 26.1 Å². The highest BCUT2D eigenvalue weighted by atomic mass is 28.2. The number of carbonyl (C=O) groups is 1. The van der Waals surface area contributed by atoms with E-state index in [0.29, 0.717) is 0 Å². The first-order valence-corrected chi connectivity index (χ1v) is 5.18. The van der Waals surface area contributed by atoms with Crippen molar-refractivity contribution in [3.8, 4) is 0 Å². The number of ether oxygens (including phenoxy) is 1. The highest BCUT2D eigenvalue weighted by molar-refractivity contribution is 6.49. The van der Waals surface area contributed by atoms with E-state index in [1.165, 1.54) is 0 Å². The quantitative estimate of drug-likeness (QED) is 0.424. The van der Waals surface area contributed by atoms with Gasteiger partial charge in [-0.05, 0) is 0 Å². The van der Waals surface area contributed by atoms with Gasteiger partial charge in [0.05, 0.1) is 0 Å². The van der Waals surface area contributed by atoms with Crippen LogP contribution < -0.4 is 0 Å². The smallest absolute Gasteiger partial charge is 0.245 e. The summed E-state index contributed by atoms with van der Waals surface area (Å²) in [5.74, 6) is 0.105. The molecule has 10 heavy (non-hydrogen) atoms. The number of rotatable bonds is 2. The first kappa shape index (κ1) is 9.86. The van der Waals surface area contributed by atoms with Gasteiger partial charge in [0.2, 0.25) is 5.91 Å². The Labute approximate surface area is 67.6 Å². The van der Waals surface area contributed by atoms with Crippen LogP contribution in [0.2, 0.25) is 0 Å². The summed E-state index contributed by atoms with van der Waals surface area (Å²) in [6.45, 7) is 0. The molecule has 0 spiro atoms. The lowest BCUT2D eigenvalue weighted by Gasteiger charge is -2.25. The molecular weight excluding hydrogens is 162 g/mol. The van der Waals surface area contributed by atoms with Gasteiger partial charge in [0.25, 0.3) is 0 Å². The normalized spacial score (nSPS) is 16.7. The number of hydrogen-bond donors (Lipinski definition) is 0. The van der Waals surface area contributed by atoms with E-state index in [9.17, 15) is 4.79 Å². The van der Waals surface area contributed by atoms with Crippen molar-refractivity contribution in [3.63, 3.8) is 0 Å². The van der Waals surface area contributed by atoms with Crippen molar-refractivity contribution >= 4 is 26.4 Å². The fourth-order valence-electron chi connectivity index (χ4n) is 0.626. The first-order valence-electron chi connectivity index (χ1n) is 3.18. The summed E-state index contributed by atoms with van der Waals surface area (Å²) in [5.41, 5.74) is 0. The number of amides is 1. The Bertz CT molecular complexity index is 136. The van der Waals surface area contributed by atoms with Crippen molar-refractivity contribution in [2.24, 2.45) is 0 Å². The maximum Gasteiger partial charge on any atom is 0.245 e. The summed E-state index contributed by atoms with van der Waals surface area (Å²) >= 11 is 0. The third kappa shape index (κ3) is 2.24. The fourth-order valence-corrected chi connectivity index (χ4v) is 1.52. The molecule has 0 bridgehead atoms. The molecule has 0 aliphatic rings. The van der Waals surface area contributed by atoms with Gasteiger partial charge in [-0.25, -0.2) is 0 Å². The maximum atomic E-state index is 11.3. The minimum absolute atomic E-state index is 0.105. The SMILES string of the molecule is COC([SiH3])([SiH3])C(=O)N(C)C. The molecule has 0 unspecified atom stereocenters. The van der Waals surface area contributed by atoms with Crippen LogP contribution >= 0.6 is 0 Å². The molecule has 1 amide bonds. The highest BCUT2D eigenvalue weighted by Gasteiger charge is 2.27. The Morgan fingerprint density at radius 3 is 2.00 bits per heavy atom. The molecule has 0 rings (SSSR count). The van der Waals surface area contributed by atoms with Crippen LogP contribution in [-0.4, -0.2) is 57.3 Å². The van der Waals surface area contributed by atoms with Crippen LogP contribution in [0.4, 0.5) is 0 Å². The molecule has 0 fully saturated rings. The van der Waals surface area contributed by atoms with Gasteiger partial charge in [0.15, 0.2) is 0 Å². The minimum Gasteiger partial charge on any atom is -0.378 e. The molecule has 0 aromatic rings. The number of methoxy groups -OCH3 is 1. The number of nitrogens with zero attached hydrogens (tertiary/aromatic N) is 1. The van der Waals surface area contributed by atoms with E-state index in [2.05, 4.69) is 0 Å². The Morgan fingerprint density at radius 1 is 1.50 bits per heavy atom. The van der Waals surface area contributed by atoms with Crippen molar-refractivity contribution < 1.29 is 9.53 Å². The van der Waals surface area contributed by atoms with Crippen molar-refractivity contribution in [2.75, 3.05) is 21.2 Å². The van der Waals surface area contributed by atoms with Crippen LogP contribution in [0, 0.1) is 0 Å². The Kier molecular flexibility index (Phi) is 3.27. The van der Waals surface area contributed by atoms with E-state index in [-0.39, 0.29) is 5.91 Å². The molecule has 0 heterocycles. The molecule has 0 atom stereocenters. The molecule has 60 valence electrons. The van der Waals surface area contributed by atoms with E-state index in [0.717, 1.165) is 20.5 Å². The first-order chi connectivity index (χ1) is 4.41. The number of hydrogen-bond acceptors (Lipinski definition) is 2. The van der Waals surface area contributed by atoms with Crippen LogP contribution in [0.3, 0.4) is 0 Å². The molecule has 0 saturated heterocycles. The van der Waals surface area contributed by atoms with Crippen LogP contribution in [-0.2, 0) is 9.53 Å². The largest absolute Gasteiger partial charge is 0.378 e. The summed E-state index contributed by atoms with van der Waals surface area (Å²) < 4.78 is 5.09. The van der Waals surface area contributed by atoms with E-state index < -0.39 is 4.85 Å². The van der Waals surface area contributed by atoms with Gasteiger partial charge in [0.1, 0.15) is 4.85 Å². The van der Waals surface area contributed by atoms with Crippen LogP contribution in [0.1, 0.15) is 0 Å². The predicted octanol–water partition coefficient (Wildman–Crippen LogP) is -2.89. The second kappa shape index (κ2) is 3.31. The Morgan fingerprint density at radius 2 is 1.90 bits per heavy atom. The number of carbonyl (C=O) groups excluding carboxylic acids is 1. The Hall–Kier alpha value is -0.136. The standard InChI is InChI=1S/C5H15NO2Si2/c1-6(2)4(7)5(9,10)8-3/h1-3,9-10H3.